The fourth-order valence-electron chi connectivity index (χ4n) is 2.08. The Bertz CT molecular complexity index is 594. The molecule has 0 aliphatic rings. The van der Waals surface area contributed by atoms with Crippen LogP contribution in [-0.4, -0.2) is 13.6 Å². The average Bonchev–Trinajstić information content (AvgIpc) is 2.48. The molecule has 0 atom stereocenters. The SMILES string of the molecule is CNCCCc1cccc(Sc2ccc(C(F)(F)F)cc2)c1. The van der Waals surface area contributed by atoms with E-state index in [-0.39, 0.29) is 0 Å². The summed E-state index contributed by atoms with van der Waals surface area (Å²) >= 11 is 1.48. The lowest BCUT2D eigenvalue weighted by Crippen LogP contribution is -2.08. The van der Waals surface area contributed by atoms with Crippen LogP contribution in [-0.2, 0) is 12.6 Å². The highest BCUT2D eigenvalue weighted by atomic mass is 32.2. The molecule has 0 fully saturated rings. The summed E-state index contributed by atoms with van der Waals surface area (Å²) in [4.78, 5) is 1.85. The minimum Gasteiger partial charge on any atom is -0.320 e. The van der Waals surface area contributed by atoms with Gasteiger partial charge in [0.15, 0.2) is 0 Å². The molecule has 0 aliphatic heterocycles. The van der Waals surface area contributed by atoms with Gasteiger partial charge >= 0.3 is 6.18 Å². The van der Waals surface area contributed by atoms with E-state index in [1.807, 2.05) is 19.2 Å². The lowest BCUT2D eigenvalue weighted by molar-refractivity contribution is -0.137. The second kappa shape index (κ2) is 7.70. The molecule has 2 rings (SSSR count). The number of hydrogen-bond acceptors (Lipinski definition) is 2. The maximum atomic E-state index is 12.5. The van der Waals surface area contributed by atoms with Crippen molar-refractivity contribution in [3.8, 4) is 0 Å². The topological polar surface area (TPSA) is 12.0 Å². The Kier molecular flexibility index (Phi) is 5.91. The van der Waals surface area contributed by atoms with E-state index in [0.29, 0.717) is 0 Å². The van der Waals surface area contributed by atoms with Crippen LogP contribution in [0.3, 0.4) is 0 Å². The van der Waals surface area contributed by atoms with Crippen LogP contribution in [0.5, 0.6) is 0 Å². The first-order chi connectivity index (χ1) is 10.5. The number of halogens is 3. The molecule has 0 saturated heterocycles. The van der Waals surface area contributed by atoms with E-state index in [1.54, 1.807) is 0 Å². The molecule has 22 heavy (non-hydrogen) atoms. The van der Waals surface area contributed by atoms with Crippen LogP contribution >= 0.6 is 11.8 Å². The van der Waals surface area contributed by atoms with Crippen molar-refractivity contribution in [3.63, 3.8) is 0 Å². The predicted molar refractivity (Wildman–Crippen MR) is 84.3 cm³/mol. The maximum Gasteiger partial charge on any atom is 0.416 e. The molecule has 0 spiro atoms. The first kappa shape index (κ1) is 16.9. The smallest absolute Gasteiger partial charge is 0.320 e. The number of alkyl halides is 3. The summed E-state index contributed by atoms with van der Waals surface area (Å²) in [6.45, 7) is 0.969. The van der Waals surface area contributed by atoms with E-state index in [0.717, 1.165) is 41.3 Å². The Morgan fingerprint density at radius 2 is 1.73 bits per heavy atom. The minimum atomic E-state index is -4.28. The zero-order valence-corrected chi connectivity index (χ0v) is 13.1. The van der Waals surface area contributed by atoms with Crippen molar-refractivity contribution in [1.29, 1.82) is 0 Å². The van der Waals surface area contributed by atoms with Gasteiger partial charge in [-0.25, -0.2) is 0 Å². The average molecular weight is 325 g/mol. The third kappa shape index (κ3) is 5.07. The van der Waals surface area contributed by atoms with Crippen LogP contribution in [0.15, 0.2) is 58.3 Å². The van der Waals surface area contributed by atoms with Crippen LogP contribution in [0.2, 0.25) is 0 Å². The fraction of sp³-hybridized carbons (Fsp3) is 0.294. The summed E-state index contributed by atoms with van der Waals surface area (Å²) in [7, 11) is 1.93. The van der Waals surface area contributed by atoms with Crippen molar-refractivity contribution >= 4 is 11.8 Å². The summed E-state index contributed by atoms with van der Waals surface area (Å²) in [5.74, 6) is 0. The lowest BCUT2D eigenvalue weighted by atomic mass is 10.1. The Balaban J connectivity index is 2.02. The molecule has 0 radical (unpaired) electrons. The molecule has 118 valence electrons. The van der Waals surface area contributed by atoms with Crippen LogP contribution < -0.4 is 5.32 Å². The van der Waals surface area contributed by atoms with Crippen molar-refractivity contribution in [3.05, 3.63) is 59.7 Å². The molecular weight excluding hydrogens is 307 g/mol. The van der Waals surface area contributed by atoms with E-state index in [2.05, 4.69) is 17.4 Å². The third-order valence-electron chi connectivity index (χ3n) is 3.21. The van der Waals surface area contributed by atoms with Gasteiger partial charge in [-0.2, -0.15) is 13.2 Å². The van der Waals surface area contributed by atoms with Crippen molar-refractivity contribution in [2.75, 3.05) is 13.6 Å². The normalized spacial score (nSPS) is 11.6. The van der Waals surface area contributed by atoms with Crippen molar-refractivity contribution < 1.29 is 13.2 Å². The second-order valence-corrected chi connectivity index (χ2v) is 6.13. The Labute approximate surface area is 132 Å². The monoisotopic (exact) mass is 325 g/mol. The summed E-state index contributed by atoms with van der Waals surface area (Å²) < 4.78 is 37.6. The molecule has 0 aromatic heterocycles. The van der Waals surface area contributed by atoms with Gasteiger partial charge in [0.05, 0.1) is 5.56 Å². The molecule has 1 N–H and O–H groups in total. The zero-order valence-electron chi connectivity index (χ0n) is 12.3. The van der Waals surface area contributed by atoms with Crippen molar-refractivity contribution in [2.24, 2.45) is 0 Å². The Morgan fingerprint density at radius 3 is 2.36 bits per heavy atom. The first-order valence-electron chi connectivity index (χ1n) is 7.08. The molecule has 2 aromatic carbocycles. The first-order valence-corrected chi connectivity index (χ1v) is 7.89. The van der Waals surface area contributed by atoms with Gasteiger partial charge in [-0.05, 0) is 68.4 Å². The quantitative estimate of drug-likeness (QED) is 0.749. The van der Waals surface area contributed by atoms with E-state index in [4.69, 9.17) is 0 Å². The number of rotatable bonds is 6. The van der Waals surface area contributed by atoms with Crippen LogP contribution in [0.4, 0.5) is 13.2 Å². The molecule has 0 saturated carbocycles. The van der Waals surface area contributed by atoms with E-state index in [1.165, 1.54) is 29.5 Å². The van der Waals surface area contributed by atoms with Crippen LogP contribution in [0.1, 0.15) is 17.5 Å². The zero-order chi connectivity index (χ0) is 16.0. The van der Waals surface area contributed by atoms with E-state index >= 15 is 0 Å². The highest BCUT2D eigenvalue weighted by Gasteiger charge is 2.29. The van der Waals surface area contributed by atoms with Crippen molar-refractivity contribution in [2.45, 2.75) is 28.8 Å². The van der Waals surface area contributed by atoms with Gasteiger partial charge in [-0.3, -0.25) is 0 Å². The van der Waals surface area contributed by atoms with Gasteiger partial charge in [0.2, 0.25) is 0 Å². The summed E-state index contributed by atoms with van der Waals surface area (Å²) in [6, 6.07) is 13.4. The molecule has 0 unspecified atom stereocenters. The number of benzene rings is 2. The van der Waals surface area contributed by atoms with E-state index in [9.17, 15) is 13.2 Å². The molecule has 0 bridgehead atoms. The summed E-state index contributed by atoms with van der Waals surface area (Å²) in [6.07, 6.45) is -2.23. The molecular formula is C17H18F3NS. The van der Waals surface area contributed by atoms with Crippen LogP contribution in [0.25, 0.3) is 0 Å². The van der Waals surface area contributed by atoms with Gasteiger partial charge in [0.1, 0.15) is 0 Å². The summed E-state index contributed by atoms with van der Waals surface area (Å²) in [5.41, 5.74) is 0.629. The lowest BCUT2D eigenvalue weighted by Gasteiger charge is -2.08. The second-order valence-electron chi connectivity index (χ2n) is 4.98. The van der Waals surface area contributed by atoms with Crippen molar-refractivity contribution in [1.82, 2.24) is 5.32 Å². The van der Waals surface area contributed by atoms with Gasteiger partial charge in [0, 0.05) is 9.79 Å². The fourth-order valence-corrected chi connectivity index (χ4v) is 2.98. The maximum absolute atomic E-state index is 12.5. The molecule has 0 amide bonds. The molecule has 0 aliphatic carbocycles. The van der Waals surface area contributed by atoms with Gasteiger partial charge in [-0.1, -0.05) is 23.9 Å². The largest absolute Gasteiger partial charge is 0.416 e. The number of aryl methyl sites for hydroxylation is 1. The molecule has 2 aromatic rings. The van der Waals surface area contributed by atoms with Crippen LogP contribution in [0, 0.1) is 0 Å². The summed E-state index contributed by atoms with van der Waals surface area (Å²) in [5, 5.41) is 3.11. The van der Waals surface area contributed by atoms with E-state index < -0.39 is 11.7 Å². The molecule has 0 heterocycles. The predicted octanol–water partition coefficient (Wildman–Crippen LogP) is 5.01. The molecule has 1 nitrogen and oxygen atoms in total. The number of hydrogen-bond donors (Lipinski definition) is 1. The number of nitrogens with one attached hydrogen (secondary N) is 1. The standard InChI is InChI=1S/C17H18F3NS/c1-21-11-3-5-13-4-2-6-16(12-13)22-15-9-7-14(8-10-15)17(18,19)20/h2,4,6-10,12,21H,3,5,11H2,1H3. The highest BCUT2D eigenvalue weighted by Crippen LogP contribution is 2.33. The highest BCUT2D eigenvalue weighted by molar-refractivity contribution is 7.99. The third-order valence-corrected chi connectivity index (χ3v) is 4.21. The van der Waals surface area contributed by atoms with Gasteiger partial charge in [0.25, 0.3) is 0 Å². The Morgan fingerprint density at radius 1 is 1.00 bits per heavy atom. The Hall–Kier alpha value is -1.46. The van der Waals surface area contributed by atoms with Gasteiger partial charge < -0.3 is 5.32 Å². The minimum absolute atomic E-state index is 0.613. The van der Waals surface area contributed by atoms with Gasteiger partial charge in [-0.15, -0.1) is 0 Å². The molecule has 5 heteroatoms.